The van der Waals surface area contributed by atoms with Gasteiger partial charge in [0.2, 0.25) is 0 Å². The first-order valence-electron chi connectivity index (χ1n) is 4.90. The molecule has 0 aliphatic heterocycles. The quantitative estimate of drug-likeness (QED) is 0.542. The summed E-state index contributed by atoms with van der Waals surface area (Å²) in [5.41, 5.74) is 10.6. The van der Waals surface area contributed by atoms with Crippen LogP contribution in [-0.4, -0.2) is 23.3 Å². The van der Waals surface area contributed by atoms with Gasteiger partial charge in [0.15, 0.2) is 0 Å². The van der Waals surface area contributed by atoms with Crippen LogP contribution in [0.5, 0.6) is 0 Å². The van der Waals surface area contributed by atoms with E-state index in [1.807, 2.05) is 6.92 Å². The van der Waals surface area contributed by atoms with Crippen molar-refractivity contribution in [2.45, 2.75) is 32.2 Å². The number of nitrogens with zero attached hydrogens (tertiary/aromatic N) is 1. The molecule has 0 aromatic heterocycles. The molecule has 2 atom stereocenters. The zero-order valence-corrected chi connectivity index (χ0v) is 9.02. The highest BCUT2D eigenvalue weighted by Gasteiger charge is 2.10. The highest BCUT2D eigenvalue weighted by molar-refractivity contribution is 5.72. The van der Waals surface area contributed by atoms with Crippen molar-refractivity contribution >= 4 is 12.2 Å². The number of hydrogen-bond donors (Lipinski definition) is 3. The predicted molar refractivity (Wildman–Crippen MR) is 60.4 cm³/mol. The molecule has 0 aliphatic rings. The van der Waals surface area contributed by atoms with E-state index in [0.29, 0.717) is 6.42 Å². The highest BCUT2D eigenvalue weighted by atomic mass is 16.4. The van der Waals surface area contributed by atoms with Crippen molar-refractivity contribution in [2.24, 2.45) is 22.4 Å². The lowest BCUT2D eigenvalue weighted by atomic mass is 10.0. The SMILES string of the molecule is C=C(N)/N=C\C(C)CCCC(N)C(=O)O. The first kappa shape index (κ1) is 13.6. The molecule has 0 radical (unpaired) electrons. The fraction of sp³-hybridized carbons (Fsp3) is 0.600. The molecule has 5 heteroatoms. The molecule has 0 fully saturated rings. The fourth-order valence-corrected chi connectivity index (χ4v) is 1.08. The Morgan fingerprint density at radius 1 is 1.60 bits per heavy atom. The summed E-state index contributed by atoms with van der Waals surface area (Å²) in [5, 5.41) is 8.54. The number of aliphatic imine (C=N–C) groups is 1. The third kappa shape index (κ3) is 7.69. The number of nitrogens with two attached hydrogens (primary N) is 2. The minimum absolute atomic E-state index is 0.256. The first-order valence-corrected chi connectivity index (χ1v) is 4.90. The molecule has 0 spiro atoms. The molecular weight excluding hydrogens is 194 g/mol. The molecule has 0 bridgehead atoms. The van der Waals surface area contributed by atoms with Crippen LogP contribution in [0, 0.1) is 5.92 Å². The second-order valence-corrected chi connectivity index (χ2v) is 3.62. The maximum absolute atomic E-state index is 10.4. The van der Waals surface area contributed by atoms with Gasteiger partial charge in [0.25, 0.3) is 0 Å². The molecule has 0 rings (SSSR count). The van der Waals surface area contributed by atoms with Gasteiger partial charge in [-0.05, 0) is 18.8 Å². The van der Waals surface area contributed by atoms with E-state index in [4.69, 9.17) is 16.6 Å². The second kappa shape index (κ2) is 7.00. The minimum atomic E-state index is -0.952. The van der Waals surface area contributed by atoms with Crippen LogP contribution in [0.4, 0.5) is 0 Å². The van der Waals surface area contributed by atoms with Gasteiger partial charge in [-0.1, -0.05) is 19.9 Å². The number of carbonyl (C=O) groups is 1. The third-order valence-corrected chi connectivity index (χ3v) is 1.99. The van der Waals surface area contributed by atoms with Crippen LogP contribution in [0.15, 0.2) is 17.4 Å². The summed E-state index contributed by atoms with van der Waals surface area (Å²) in [7, 11) is 0. The van der Waals surface area contributed by atoms with Crippen LogP contribution >= 0.6 is 0 Å². The number of carboxylic acids is 1. The molecule has 0 aromatic rings. The molecule has 0 saturated heterocycles. The molecule has 5 N–H and O–H groups in total. The van der Waals surface area contributed by atoms with Crippen molar-refractivity contribution in [3.63, 3.8) is 0 Å². The van der Waals surface area contributed by atoms with E-state index in [1.54, 1.807) is 6.21 Å². The van der Waals surface area contributed by atoms with E-state index < -0.39 is 12.0 Å². The molecule has 0 saturated carbocycles. The Balaban J connectivity index is 3.68. The summed E-state index contributed by atoms with van der Waals surface area (Å²) in [6.45, 7) is 5.43. The lowest BCUT2D eigenvalue weighted by Crippen LogP contribution is -2.29. The maximum atomic E-state index is 10.4. The van der Waals surface area contributed by atoms with Gasteiger partial charge in [-0.25, -0.2) is 4.99 Å². The van der Waals surface area contributed by atoms with Gasteiger partial charge in [-0.3, -0.25) is 4.79 Å². The van der Waals surface area contributed by atoms with Gasteiger partial charge >= 0.3 is 5.97 Å². The van der Waals surface area contributed by atoms with E-state index in [9.17, 15) is 4.79 Å². The predicted octanol–water partition coefficient (Wildman–Crippen LogP) is 0.705. The van der Waals surface area contributed by atoms with Crippen molar-refractivity contribution in [3.05, 3.63) is 12.4 Å². The summed E-state index contributed by atoms with van der Waals surface area (Å²) in [6.07, 6.45) is 3.81. The molecule has 86 valence electrons. The highest BCUT2D eigenvalue weighted by Crippen LogP contribution is 2.07. The molecule has 0 amide bonds. The standard InChI is InChI=1S/C10H19N3O2/c1-7(6-13-8(2)11)4-3-5-9(12)10(14)15/h6-7,9H,2-5,11-12H2,1H3,(H,14,15)/b13-6-. The van der Waals surface area contributed by atoms with E-state index in [0.717, 1.165) is 12.8 Å². The zero-order chi connectivity index (χ0) is 11.8. The average Bonchev–Trinajstić information content (AvgIpc) is 2.14. The maximum Gasteiger partial charge on any atom is 0.320 e. The van der Waals surface area contributed by atoms with Gasteiger partial charge in [0.1, 0.15) is 11.9 Å². The number of aliphatic carboxylic acids is 1. The summed E-state index contributed by atoms with van der Waals surface area (Å²) in [5.74, 6) is -0.415. The van der Waals surface area contributed by atoms with Crippen molar-refractivity contribution < 1.29 is 9.90 Å². The van der Waals surface area contributed by atoms with Crippen LogP contribution in [0.2, 0.25) is 0 Å². The van der Waals surface area contributed by atoms with Crippen molar-refractivity contribution in [3.8, 4) is 0 Å². The largest absolute Gasteiger partial charge is 0.480 e. The van der Waals surface area contributed by atoms with Crippen LogP contribution < -0.4 is 11.5 Å². The van der Waals surface area contributed by atoms with E-state index >= 15 is 0 Å². The van der Waals surface area contributed by atoms with Gasteiger partial charge in [-0.15, -0.1) is 0 Å². The Hall–Kier alpha value is -1.36. The van der Waals surface area contributed by atoms with Crippen LogP contribution in [0.1, 0.15) is 26.2 Å². The number of carboxylic acid groups (broad SMARTS) is 1. The lowest BCUT2D eigenvalue weighted by molar-refractivity contribution is -0.138. The van der Waals surface area contributed by atoms with Gasteiger partial charge in [0.05, 0.1) is 0 Å². The molecule has 0 aromatic carbocycles. The molecule has 2 unspecified atom stereocenters. The van der Waals surface area contributed by atoms with Gasteiger partial charge in [0, 0.05) is 6.21 Å². The van der Waals surface area contributed by atoms with Crippen LogP contribution in [0.3, 0.4) is 0 Å². The van der Waals surface area contributed by atoms with Crippen molar-refractivity contribution in [1.82, 2.24) is 0 Å². The van der Waals surface area contributed by atoms with Crippen LogP contribution in [0.25, 0.3) is 0 Å². The smallest absolute Gasteiger partial charge is 0.320 e. The zero-order valence-electron chi connectivity index (χ0n) is 9.02. The van der Waals surface area contributed by atoms with Gasteiger partial charge in [-0.2, -0.15) is 0 Å². The normalized spacial score (nSPS) is 15.1. The molecular formula is C10H19N3O2. The Bertz CT molecular complexity index is 251. The van der Waals surface area contributed by atoms with E-state index in [-0.39, 0.29) is 11.7 Å². The summed E-state index contributed by atoms with van der Waals surface area (Å²) < 4.78 is 0. The second-order valence-electron chi connectivity index (χ2n) is 3.62. The Morgan fingerprint density at radius 3 is 2.67 bits per heavy atom. The molecule has 15 heavy (non-hydrogen) atoms. The number of rotatable bonds is 7. The third-order valence-electron chi connectivity index (χ3n) is 1.99. The summed E-state index contributed by atoms with van der Waals surface area (Å²) in [6, 6.07) is -0.765. The molecule has 0 heterocycles. The van der Waals surface area contributed by atoms with Gasteiger partial charge < -0.3 is 16.6 Å². The Morgan fingerprint density at radius 2 is 2.20 bits per heavy atom. The Kier molecular flexibility index (Phi) is 6.37. The number of hydrogen-bond acceptors (Lipinski definition) is 4. The minimum Gasteiger partial charge on any atom is -0.480 e. The van der Waals surface area contributed by atoms with Crippen LogP contribution in [-0.2, 0) is 4.79 Å². The van der Waals surface area contributed by atoms with Crippen molar-refractivity contribution in [1.29, 1.82) is 0 Å². The lowest BCUT2D eigenvalue weighted by Gasteiger charge is -2.08. The topological polar surface area (TPSA) is 102 Å². The fourth-order valence-electron chi connectivity index (χ4n) is 1.08. The van der Waals surface area contributed by atoms with E-state index in [1.165, 1.54) is 0 Å². The van der Waals surface area contributed by atoms with Crippen molar-refractivity contribution in [2.75, 3.05) is 0 Å². The average molecular weight is 213 g/mol. The first-order chi connectivity index (χ1) is 6.93. The molecule has 0 aliphatic carbocycles. The molecule has 5 nitrogen and oxygen atoms in total. The Labute approximate surface area is 89.9 Å². The monoisotopic (exact) mass is 213 g/mol. The summed E-state index contributed by atoms with van der Waals surface area (Å²) >= 11 is 0. The van der Waals surface area contributed by atoms with E-state index in [2.05, 4.69) is 11.6 Å². The summed E-state index contributed by atoms with van der Waals surface area (Å²) in [4.78, 5) is 14.3.